The third-order valence-corrected chi connectivity index (χ3v) is 4.37. The standard InChI is InChI=1S/C12H19NO4S/c1-12(2,13)8-18(14,15)9-5-6-10(16-3)11(7-9)17-4/h5-7H,8,13H2,1-4H3. The fourth-order valence-electron chi connectivity index (χ4n) is 1.58. The Labute approximate surface area is 108 Å². The summed E-state index contributed by atoms with van der Waals surface area (Å²) in [5.41, 5.74) is 4.96. The molecule has 0 aromatic heterocycles. The second-order valence-electron chi connectivity index (χ2n) is 4.76. The second kappa shape index (κ2) is 5.16. The molecule has 0 heterocycles. The van der Waals surface area contributed by atoms with Gasteiger partial charge in [-0.2, -0.15) is 0 Å². The van der Waals surface area contributed by atoms with Crippen LogP contribution >= 0.6 is 0 Å². The van der Waals surface area contributed by atoms with Gasteiger partial charge in [0.25, 0.3) is 0 Å². The van der Waals surface area contributed by atoms with Gasteiger partial charge in [0.1, 0.15) is 0 Å². The Bertz CT molecular complexity index is 517. The molecule has 2 N–H and O–H groups in total. The number of sulfone groups is 1. The molecule has 0 bridgehead atoms. The van der Waals surface area contributed by atoms with E-state index >= 15 is 0 Å². The van der Waals surface area contributed by atoms with Crippen molar-refractivity contribution >= 4 is 9.84 Å². The average molecular weight is 273 g/mol. The Morgan fingerprint density at radius 1 is 1.17 bits per heavy atom. The highest BCUT2D eigenvalue weighted by Crippen LogP contribution is 2.30. The Hall–Kier alpha value is -1.27. The van der Waals surface area contributed by atoms with E-state index in [-0.39, 0.29) is 10.6 Å². The topological polar surface area (TPSA) is 78.6 Å². The lowest BCUT2D eigenvalue weighted by atomic mass is 10.1. The summed E-state index contributed by atoms with van der Waals surface area (Å²) >= 11 is 0. The number of hydrogen-bond donors (Lipinski definition) is 1. The maximum atomic E-state index is 12.1. The van der Waals surface area contributed by atoms with Crippen LogP contribution < -0.4 is 15.2 Å². The number of methoxy groups -OCH3 is 2. The molecular weight excluding hydrogens is 254 g/mol. The van der Waals surface area contributed by atoms with E-state index in [0.29, 0.717) is 11.5 Å². The molecule has 0 saturated heterocycles. The van der Waals surface area contributed by atoms with E-state index in [1.807, 2.05) is 0 Å². The third kappa shape index (κ3) is 3.61. The molecule has 0 aliphatic carbocycles. The summed E-state index contributed by atoms with van der Waals surface area (Å²) < 4.78 is 34.4. The van der Waals surface area contributed by atoms with Crippen LogP contribution in [0.2, 0.25) is 0 Å². The molecule has 0 spiro atoms. The first-order chi connectivity index (χ1) is 8.19. The predicted molar refractivity (Wildman–Crippen MR) is 69.9 cm³/mol. The molecule has 0 saturated carbocycles. The van der Waals surface area contributed by atoms with E-state index < -0.39 is 15.4 Å². The summed E-state index contributed by atoms with van der Waals surface area (Å²) in [5.74, 6) is 0.743. The molecule has 6 heteroatoms. The quantitative estimate of drug-likeness (QED) is 0.872. The van der Waals surface area contributed by atoms with Crippen LogP contribution in [0.25, 0.3) is 0 Å². The SMILES string of the molecule is COc1ccc(S(=O)(=O)CC(C)(C)N)cc1OC. The number of rotatable bonds is 5. The molecule has 0 atom stereocenters. The largest absolute Gasteiger partial charge is 0.493 e. The molecule has 1 aromatic rings. The van der Waals surface area contributed by atoms with Crippen molar-refractivity contribution in [1.82, 2.24) is 0 Å². The second-order valence-corrected chi connectivity index (χ2v) is 6.75. The van der Waals surface area contributed by atoms with Crippen LogP contribution in [-0.2, 0) is 9.84 Å². The van der Waals surface area contributed by atoms with E-state index in [0.717, 1.165) is 0 Å². The van der Waals surface area contributed by atoms with Gasteiger partial charge in [-0.15, -0.1) is 0 Å². The van der Waals surface area contributed by atoms with E-state index in [4.69, 9.17) is 15.2 Å². The van der Waals surface area contributed by atoms with Crippen LogP contribution in [0.3, 0.4) is 0 Å². The lowest BCUT2D eigenvalue weighted by molar-refractivity contribution is 0.354. The minimum absolute atomic E-state index is 0.129. The van der Waals surface area contributed by atoms with E-state index in [2.05, 4.69) is 0 Å². The Morgan fingerprint density at radius 3 is 2.17 bits per heavy atom. The Kier molecular flexibility index (Phi) is 4.24. The zero-order valence-electron chi connectivity index (χ0n) is 11.1. The summed E-state index contributed by atoms with van der Waals surface area (Å²) in [5, 5.41) is 0. The first-order valence-corrected chi connectivity index (χ1v) is 7.08. The average Bonchev–Trinajstić information content (AvgIpc) is 2.24. The van der Waals surface area contributed by atoms with Crippen LogP contribution in [0.15, 0.2) is 23.1 Å². The van der Waals surface area contributed by atoms with Crippen molar-refractivity contribution < 1.29 is 17.9 Å². The van der Waals surface area contributed by atoms with Gasteiger partial charge in [0.2, 0.25) is 0 Å². The number of benzene rings is 1. The fraction of sp³-hybridized carbons (Fsp3) is 0.500. The Balaban J connectivity index is 3.18. The van der Waals surface area contributed by atoms with Gasteiger partial charge in [0, 0.05) is 11.6 Å². The molecule has 0 unspecified atom stereocenters. The van der Waals surface area contributed by atoms with Gasteiger partial charge in [-0.3, -0.25) is 0 Å². The van der Waals surface area contributed by atoms with Crippen molar-refractivity contribution in [2.75, 3.05) is 20.0 Å². The molecule has 102 valence electrons. The van der Waals surface area contributed by atoms with E-state index in [9.17, 15) is 8.42 Å². The lowest BCUT2D eigenvalue weighted by Crippen LogP contribution is -2.39. The van der Waals surface area contributed by atoms with Crippen LogP contribution in [0.4, 0.5) is 0 Å². The van der Waals surface area contributed by atoms with Gasteiger partial charge < -0.3 is 15.2 Å². The normalized spacial score (nSPS) is 12.3. The fourth-order valence-corrected chi connectivity index (χ4v) is 3.29. The summed E-state index contributed by atoms with van der Waals surface area (Å²) in [7, 11) is -0.482. The number of hydrogen-bond acceptors (Lipinski definition) is 5. The van der Waals surface area contributed by atoms with Gasteiger partial charge in [-0.05, 0) is 26.0 Å². The molecule has 0 aliphatic heterocycles. The summed E-state index contributed by atoms with van der Waals surface area (Å²) in [4.78, 5) is 0.179. The summed E-state index contributed by atoms with van der Waals surface area (Å²) in [6.45, 7) is 3.34. The third-order valence-electron chi connectivity index (χ3n) is 2.28. The van der Waals surface area contributed by atoms with Crippen molar-refractivity contribution in [1.29, 1.82) is 0 Å². The number of ether oxygens (including phenoxy) is 2. The minimum atomic E-state index is -3.44. The molecule has 0 fully saturated rings. The van der Waals surface area contributed by atoms with Gasteiger partial charge in [-0.1, -0.05) is 0 Å². The molecule has 0 radical (unpaired) electrons. The first kappa shape index (κ1) is 14.8. The van der Waals surface area contributed by atoms with Crippen LogP contribution in [0.5, 0.6) is 11.5 Å². The smallest absolute Gasteiger partial charge is 0.180 e. The van der Waals surface area contributed by atoms with Crippen molar-refractivity contribution in [3.8, 4) is 11.5 Å². The predicted octanol–water partition coefficient (Wildman–Crippen LogP) is 1.21. The van der Waals surface area contributed by atoms with Gasteiger partial charge in [0.05, 0.1) is 24.9 Å². The molecule has 18 heavy (non-hydrogen) atoms. The molecule has 0 aliphatic rings. The van der Waals surface area contributed by atoms with Crippen molar-refractivity contribution in [2.24, 2.45) is 5.73 Å². The van der Waals surface area contributed by atoms with Crippen LogP contribution in [-0.4, -0.2) is 33.9 Å². The first-order valence-electron chi connectivity index (χ1n) is 5.43. The monoisotopic (exact) mass is 273 g/mol. The maximum absolute atomic E-state index is 12.1. The van der Waals surface area contributed by atoms with Gasteiger partial charge in [-0.25, -0.2) is 8.42 Å². The molecule has 1 rings (SSSR count). The van der Waals surface area contributed by atoms with Gasteiger partial charge >= 0.3 is 0 Å². The highest BCUT2D eigenvalue weighted by Gasteiger charge is 2.24. The lowest BCUT2D eigenvalue weighted by Gasteiger charge is -2.18. The maximum Gasteiger partial charge on any atom is 0.180 e. The highest BCUT2D eigenvalue weighted by atomic mass is 32.2. The summed E-state index contributed by atoms with van der Waals surface area (Å²) in [6, 6.07) is 4.50. The van der Waals surface area contributed by atoms with Gasteiger partial charge in [0.15, 0.2) is 21.3 Å². The molecule has 0 amide bonds. The highest BCUT2D eigenvalue weighted by molar-refractivity contribution is 7.91. The zero-order chi connectivity index (χ0) is 14.0. The van der Waals surface area contributed by atoms with Crippen molar-refractivity contribution in [3.63, 3.8) is 0 Å². The van der Waals surface area contributed by atoms with Crippen LogP contribution in [0, 0.1) is 0 Å². The van der Waals surface area contributed by atoms with E-state index in [1.165, 1.54) is 26.4 Å². The summed E-state index contributed by atoms with van der Waals surface area (Å²) in [6.07, 6.45) is 0. The van der Waals surface area contributed by atoms with Crippen molar-refractivity contribution in [3.05, 3.63) is 18.2 Å². The molecule has 1 aromatic carbocycles. The zero-order valence-corrected chi connectivity index (χ0v) is 11.9. The molecular formula is C12H19NO4S. The minimum Gasteiger partial charge on any atom is -0.493 e. The van der Waals surface area contributed by atoms with E-state index in [1.54, 1.807) is 19.9 Å². The Morgan fingerprint density at radius 2 is 1.72 bits per heavy atom. The number of nitrogens with two attached hydrogens (primary N) is 1. The van der Waals surface area contributed by atoms with Crippen molar-refractivity contribution in [2.45, 2.75) is 24.3 Å². The molecule has 5 nitrogen and oxygen atoms in total. The van der Waals surface area contributed by atoms with Crippen LogP contribution in [0.1, 0.15) is 13.8 Å².